The van der Waals surface area contributed by atoms with Crippen molar-refractivity contribution in [2.75, 3.05) is 6.61 Å². The topological polar surface area (TPSA) is 33.1 Å². The number of hydrogen-bond donors (Lipinski definition) is 1. The molecule has 0 saturated heterocycles. The normalized spacial score (nSPS) is 10.9. The molecule has 18 heavy (non-hydrogen) atoms. The summed E-state index contributed by atoms with van der Waals surface area (Å²) in [5.41, 5.74) is 5.10. The van der Waals surface area contributed by atoms with Crippen LogP contribution in [0.4, 0.5) is 0 Å². The minimum atomic E-state index is 0.159. The van der Waals surface area contributed by atoms with Gasteiger partial charge in [-0.25, -0.2) is 4.98 Å². The molecule has 0 spiro atoms. The molecule has 2 aromatic rings. The summed E-state index contributed by atoms with van der Waals surface area (Å²) in [5.74, 6) is 0. The van der Waals surface area contributed by atoms with Gasteiger partial charge < -0.3 is 5.11 Å². The van der Waals surface area contributed by atoms with E-state index in [2.05, 4.69) is 53.8 Å². The molecule has 1 aromatic carbocycles. The second kappa shape index (κ2) is 5.51. The molecule has 0 aliphatic rings. The highest BCUT2D eigenvalue weighted by Crippen LogP contribution is 2.34. The van der Waals surface area contributed by atoms with Gasteiger partial charge in [0.2, 0.25) is 0 Å². The zero-order valence-corrected chi connectivity index (χ0v) is 13.2. The van der Waals surface area contributed by atoms with Crippen LogP contribution < -0.4 is 0 Å². The van der Waals surface area contributed by atoms with Crippen molar-refractivity contribution in [3.63, 3.8) is 0 Å². The van der Waals surface area contributed by atoms with Crippen molar-refractivity contribution in [2.24, 2.45) is 0 Å². The first-order chi connectivity index (χ1) is 8.54. The number of hydrogen-bond acceptors (Lipinski definition) is 3. The summed E-state index contributed by atoms with van der Waals surface area (Å²) in [4.78, 5) is 5.66. The third-order valence-corrected chi connectivity index (χ3v) is 5.34. The van der Waals surface area contributed by atoms with E-state index in [1.165, 1.54) is 22.3 Å². The monoisotopic (exact) mass is 325 g/mol. The molecule has 0 saturated carbocycles. The highest BCUT2D eigenvalue weighted by molar-refractivity contribution is 9.10. The lowest BCUT2D eigenvalue weighted by molar-refractivity contribution is 0.300. The predicted molar refractivity (Wildman–Crippen MR) is 80.3 cm³/mol. The van der Waals surface area contributed by atoms with Crippen LogP contribution in [-0.2, 0) is 6.42 Å². The highest BCUT2D eigenvalue weighted by Gasteiger charge is 2.13. The minimum Gasteiger partial charge on any atom is -0.396 e. The van der Waals surface area contributed by atoms with Crippen molar-refractivity contribution in [3.8, 4) is 10.6 Å². The van der Waals surface area contributed by atoms with Gasteiger partial charge in [-0.3, -0.25) is 0 Å². The highest BCUT2D eigenvalue weighted by atomic mass is 79.9. The molecule has 0 amide bonds. The summed E-state index contributed by atoms with van der Waals surface area (Å²) in [7, 11) is 0. The van der Waals surface area contributed by atoms with Gasteiger partial charge in [0.15, 0.2) is 0 Å². The average molecular weight is 326 g/mol. The molecule has 0 aliphatic carbocycles. The molecular formula is C14H16BrNOS. The van der Waals surface area contributed by atoms with Gasteiger partial charge in [-0.15, -0.1) is 11.3 Å². The van der Waals surface area contributed by atoms with Crippen LogP contribution in [0.2, 0.25) is 0 Å². The Morgan fingerprint density at radius 2 is 1.94 bits per heavy atom. The first-order valence-electron chi connectivity index (χ1n) is 5.87. The van der Waals surface area contributed by atoms with Crippen molar-refractivity contribution in [3.05, 3.63) is 38.3 Å². The van der Waals surface area contributed by atoms with Gasteiger partial charge in [-0.05, 0) is 53.4 Å². The molecule has 0 radical (unpaired) electrons. The van der Waals surface area contributed by atoms with E-state index >= 15 is 0 Å². The summed E-state index contributed by atoms with van der Waals surface area (Å²) in [5, 5.41) is 10.0. The predicted octanol–water partition coefficient (Wildman–Crippen LogP) is 4.03. The molecule has 1 N–H and O–H groups in total. The van der Waals surface area contributed by atoms with E-state index in [0.717, 1.165) is 14.5 Å². The van der Waals surface area contributed by atoms with Crippen LogP contribution in [0.25, 0.3) is 10.6 Å². The van der Waals surface area contributed by atoms with Gasteiger partial charge >= 0.3 is 0 Å². The summed E-state index contributed by atoms with van der Waals surface area (Å²) in [6.07, 6.45) is 0.655. The Morgan fingerprint density at radius 1 is 1.22 bits per heavy atom. The molecule has 2 rings (SSSR count). The third-order valence-electron chi connectivity index (χ3n) is 3.28. The number of rotatable bonds is 3. The Bertz CT molecular complexity index is 577. The number of aromatic nitrogens is 1. The minimum absolute atomic E-state index is 0.159. The van der Waals surface area contributed by atoms with Crippen LogP contribution >= 0.6 is 27.3 Å². The van der Waals surface area contributed by atoms with Gasteiger partial charge in [0.05, 0.1) is 0 Å². The SMILES string of the molecule is Cc1ccc(-c2nc(Br)c(CCO)s2)c(C)c1C. The van der Waals surface area contributed by atoms with E-state index in [0.29, 0.717) is 6.42 Å². The maximum atomic E-state index is 9.02. The maximum absolute atomic E-state index is 9.02. The molecule has 96 valence electrons. The molecule has 0 atom stereocenters. The van der Waals surface area contributed by atoms with Crippen molar-refractivity contribution in [2.45, 2.75) is 27.2 Å². The molecule has 0 bridgehead atoms. The number of aliphatic hydroxyl groups is 1. The first-order valence-corrected chi connectivity index (χ1v) is 7.48. The second-order valence-electron chi connectivity index (χ2n) is 4.39. The summed E-state index contributed by atoms with van der Waals surface area (Å²) < 4.78 is 0.856. The fourth-order valence-electron chi connectivity index (χ4n) is 1.89. The smallest absolute Gasteiger partial charge is 0.125 e. The van der Waals surface area contributed by atoms with Crippen molar-refractivity contribution < 1.29 is 5.11 Å². The zero-order valence-electron chi connectivity index (χ0n) is 10.7. The Labute approximate surface area is 120 Å². The van der Waals surface area contributed by atoms with E-state index in [1.807, 2.05) is 0 Å². The maximum Gasteiger partial charge on any atom is 0.125 e. The van der Waals surface area contributed by atoms with Crippen LogP contribution in [0.5, 0.6) is 0 Å². The number of halogens is 1. The Morgan fingerprint density at radius 3 is 2.61 bits per heavy atom. The molecule has 0 fully saturated rings. The summed E-state index contributed by atoms with van der Waals surface area (Å²) in [6, 6.07) is 4.27. The quantitative estimate of drug-likeness (QED) is 0.924. The zero-order chi connectivity index (χ0) is 13.3. The van der Waals surface area contributed by atoms with Crippen molar-refractivity contribution in [1.82, 2.24) is 4.98 Å². The van der Waals surface area contributed by atoms with Gasteiger partial charge in [0.25, 0.3) is 0 Å². The Balaban J connectivity index is 2.49. The van der Waals surface area contributed by atoms with Crippen LogP contribution in [-0.4, -0.2) is 16.7 Å². The number of benzene rings is 1. The Kier molecular flexibility index (Phi) is 4.20. The van der Waals surface area contributed by atoms with Gasteiger partial charge in [-0.2, -0.15) is 0 Å². The largest absolute Gasteiger partial charge is 0.396 e. The molecule has 4 heteroatoms. The number of thiazole rings is 1. The third kappa shape index (κ3) is 2.51. The van der Waals surface area contributed by atoms with Gasteiger partial charge in [-0.1, -0.05) is 12.1 Å². The average Bonchev–Trinajstić information content (AvgIpc) is 2.68. The molecule has 2 nitrogen and oxygen atoms in total. The molecule has 0 unspecified atom stereocenters. The van der Waals surface area contributed by atoms with Crippen LogP contribution in [0.15, 0.2) is 16.7 Å². The van der Waals surface area contributed by atoms with E-state index in [-0.39, 0.29) is 6.61 Å². The second-order valence-corrected chi connectivity index (χ2v) is 6.22. The molecule has 1 heterocycles. The van der Waals surface area contributed by atoms with Crippen molar-refractivity contribution >= 4 is 27.3 Å². The lowest BCUT2D eigenvalue weighted by Gasteiger charge is -2.08. The fourth-order valence-corrected chi connectivity index (χ4v) is 3.65. The van der Waals surface area contributed by atoms with Crippen LogP contribution in [0, 0.1) is 20.8 Å². The number of nitrogens with zero attached hydrogens (tertiary/aromatic N) is 1. The lowest BCUT2D eigenvalue weighted by Crippen LogP contribution is -1.90. The van der Waals surface area contributed by atoms with E-state index in [1.54, 1.807) is 11.3 Å². The number of aliphatic hydroxyl groups excluding tert-OH is 1. The van der Waals surface area contributed by atoms with Gasteiger partial charge in [0, 0.05) is 23.5 Å². The van der Waals surface area contributed by atoms with Crippen LogP contribution in [0.3, 0.4) is 0 Å². The lowest BCUT2D eigenvalue weighted by atomic mass is 9.99. The molecule has 0 aliphatic heterocycles. The van der Waals surface area contributed by atoms with Crippen LogP contribution in [0.1, 0.15) is 21.6 Å². The summed E-state index contributed by atoms with van der Waals surface area (Å²) >= 11 is 5.11. The number of aryl methyl sites for hydroxylation is 1. The first kappa shape index (κ1) is 13.7. The van der Waals surface area contributed by atoms with Gasteiger partial charge in [0.1, 0.15) is 9.61 Å². The molecule has 1 aromatic heterocycles. The summed E-state index contributed by atoms with van der Waals surface area (Å²) in [6.45, 7) is 6.57. The van der Waals surface area contributed by atoms with E-state index in [9.17, 15) is 0 Å². The molecular weight excluding hydrogens is 310 g/mol. The fraction of sp³-hybridized carbons (Fsp3) is 0.357. The standard InChI is InChI=1S/C14H16BrNOS/c1-8-4-5-11(10(3)9(8)2)14-16-13(15)12(18-14)6-7-17/h4-5,17H,6-7H2,1-3H3. The van der Waals surface area contributed by atoms with E-state index < -0.39 is 0 Å². The Hall–Kier alpha value is -0.710. The van der Waals surface area contributed by atoms with Crippen molar-refractivity contribution in [1.29, 1.82) is 0 Å². The van der Waals surface area contributed by atoms with E-state index in [4.69, 9.17) is 5.11 Å².